The number of aromatic amines is 1. The number of rotatable bonds is 6. The van der Waals surface area contributed by atoms with E-state index >= 15 is 0 Å². The second-order valence-electron chi connectivity index (χ2n) is 10.1. The van der Waals surface area contributed by atoms with Gasteiger partial charge in [0, 0.05) is 35.8 Å². The third kappa shape index (κ3) is 5.94. The Labute approximate surface area is 217 Å². The fourth-order valence-electron chi connectivity index (χ4n) is 5.78. The van der Waals surface area contributed by atoms with Gasteiger partial charge in [0.15, 0.2) is 0 Å². The Kier molecular flexibility index (Phi) is 7.81. The molecule has 2 aromatic carbocycles. The van der Waals surface area contributed by atoms with E-state index in [1.807, 2.05) is 12.1 Å². The average molecular weight is 511 g/mol. The number of benzene rings is 2. The van der Waals surface area contributed by atoms with Crippen LogP contribution in [0.15, 0.2) is 54.7 Å². The van der Waals surface area contributed by atoms with E-state index in [1.54, 1.807) is 18.2 Å². The van der Waals surface area contributed by atoms with E-state index in [0.29, 0.717) is 16.0 Å². The molecule has 2 fully saturated rings. The van der Waals surface area contributed by atoms with Crippen molar-refractivity contribution in [2.24, 2.45) is 5.92 Å². The summed E-state index contributed by atoms with van der Waals surface area (Å²) >= 11 is 12.2. The summed E-state index contributed by atoms with van der Waals surface area (Å²) in [6, 6.07) is 14.3. The molecule has 2 heterocycles. The second kappa shape index (κ2) is 11.2. The smallest absolute Gasteiger partial charge is 0.244 e. The van der Waals surface area contributed by atoms with Crippen LogP contribution in [0.3, 0.4) is 0 Å². The number of likely N-dealkylation sites (tertiary alicyclic amines) is 1. The summed E-state index contributed by atoms with van der Waals surface area (Å²) in [7, 11) is 0. The van der Waals surface area contributed by atoms with Crippen LogP contribution >= 0.6 is 23.2 Å². The maximum Gasteiger partial charge on any atom is 0.244 e. The van der Waals surface area contributed by atoms with E-state index in [4.69, 9.17) is 23.2 Å². The molecular formula is C29H33Cl2N3O. The second-order valence-corrected chi connectivity index (χ2v) is 10.9. The van der Waals surface area contributed by atoms with E-state index in [9.17, 15) is 4.79 Å². The summed E-state index contributed by atoms with van der Waals surface area (Å²) in [5.41, 5.74) is 3.49. The average Bonchev–Trinajstić information content (AvgIpc) is 3.31. The van der Waals surface area contributed by atoms with Crippen molar-refractivity contribution in [3.63, 3.8) is 0 Å². The molecule has 1 saturated carbocycles. The number of carbonyl (C=O) groups is 1. The Morgan fingerprint density at radius 1 is 1.00 bits per heavy atom. The van der Waals surface area contributed by atoms with Gasteiger partial charge in [-0.25, -0.2) is 0 Å². The highest BCUT2D eigenvalue weighted by molar-refractivity contribution is 6.42. The molecule has 4 nitrogen and oxygen atoms in total. The number of H-pyrrole nitrogens is 1. The maximum absolute atomic E-state index is 12.4. The number of carbonyl (C=O) groups excluding carboxylic acids is 1. The minimum absolute atomic E-state index is 0.0659. The first-order chi connectivity index (χ1) is 17.1. The van der Waals surface area contributed by atoms with Gasteiger partial charge in [-0.15, -0.1) is 0 Å². The molecule has 2 N–H and O–H groups in total. The van der Waals surface area contributed by atoms with Gasteiger partial charge < -0.3 is 15.2 Å². The molecule has 0 radical (unpaired) electrons. The lowest BCUT2D eigenvalue weighted by atomic mass is 9.84. The largest absolute Gasteiger partial charge is 0.361 e. The van der Waals surface area contributed by atoms with E-state index in [2.05, 4.69) is 45.7 Å². The van der Waals surface area contributed by atoms with Crippen molar-refractivity contribution in [1.82, 2.24) is 15.2 Å². The number of hydrogen-bond acceptors (Lipinski definition) is 2. The van der Waals surface area contributed by atoms with Crippen LogP contribution in [0.5, 0.6) is 0 Å². The molecule has 35 heavy (non-hydrogen) atoms. The Balaban J connectivity index is 1.04. The summed E-state index contributed by atoms with van der Waals surface area (Å²) in [5.74, 6) is 1.32. The number of nitrogens with zero attached hydrogens (tertiary/aromatic N) is 1. The number of nitrogens with one attached hydrogen (secondary N) is 2. The predicted octanol–water partition coefficient (Wildman–Crippen LogP) is 7.04. The maximum atomic E-state index is 12.4. The van der Waals surface area contributed by atoms with Gasteiger partial charge in [-0.1, -0.05) is 53.5 Å². The van der Waals surface area contributed by atoms with Gasteiger partial charge in [-0.3, -0.25) is 4.79 Å². The van der Waals surface area contributed by atoms with E-state index < -0.39 is 0 Å². The van der Waals surface area contributed by atoms with Crippen LogP contribution in [-0.2, 0) is 4.79 Å². The number of aromatic nitrogens is 1. The molecular weight excluding hydrogens is 477 g/mol. The van der Waals surface area contributed by atoms with Crippen molar-refractivity contribution in [3.05, 3.63) is 75.9 Å². The fourth-order valence-corrected chi connectivity index (χ4v) is 6.15. The van der Waals surface area contributed by atoms with E-state index in [0.717, 1.165) is 24.3 Å². The number of halogens is 2. The standard InChI is InChI=1S/C29H33Cl2N3O/c30-26-6-3-4-22(29(26)31)10-13-28(35)33-23-11-8-20(9-12-23)19-34-16-14-21(15-17-34)25-18-32-27-7-2-1-5-24(25)27/h1-7,10,13,18,20-21,23,32H,8-9,11-12,14-17,19H2,(H,33,35)/b13-10+. The highest BCUT2D eigenvalue weighted by atomic mass is 35.5. The van der Waals surface area contributed by atoms with E-state index in [1.165, 1.54) is 61.8 Å². The first-order valence-corrected chi connectivity index (χ1v) is 13.5. The quantitative estimate of drug-likeness (QED) is 0.350. The van der Waals surface area contributed by atoms with Crippen molar-refractivity contribution >= 4 is 46.1 Å². The monoisotopic (exact) mass is 509 g/mol. The predicted molar refractivity (Wildman–Crippen MR) is 146 cm³/mol. The Morgan fingerprint density at radius 3 is 2.57 bits per heavy atom. The van der Waals surface area contributed by atoms with E-state index in [-0.39, 0.29) is 11.9 Å². The summed E-state index contributed by atoms with van der Waals surface area (Å²) in [6.07, 6.45) is 12.4. The van der Waals surface area contributed by atoms with Gasteiger partial charge in [0.05, 0.1) is 10.0 Å². The Bertz CT molecular complexity index is 1190. The molecule has 0 spiro atoms. The molecule has 1 aliphatic heterocycles. The number of piperidine rings is 1. The molecule has 1 aliphatic carbocycles. The molecule has 184 valence electrons. The van der Waals surface area contributed by atoms with Crippen molar-refractivity contribution in [2.45, 2.75) is 50.5 Å². The number of para-hydroxylation sites is 1. The first-order valence-electron chi connectivity index (χ1n) is 12.8. The molecule has 0 unspecified atom stereocenters. The zero-order valence-corrected chi connectivity index (χ0v) is 21.5. The topological polar surface area (TPSA) is 48.1 Å². The normalized spacial score (nSPS) is 22.1. The summed E-state index contributed by atoms with van der Waals surface area (Å²) in [5, 5.41) is 5.52. The van der Waals surface area contributed by atoms with Gasteiger partial charge in [0.1, 0.15) is 0 Å². The summed E-state index contributed by atoms with van der Waals surface area (Å²) < 4.78 is 0. The lowest BCUT2D eigenvalue weighted by Gasteiger charge is -2.36. The van der Waals surface area contributed by atoms with Gasteiger partial charge >= 0.3 is 0 Å². The van der Waals surface area contributed by atoms with Crippen LogP contribution in [0, 0.1) is 5.92 Å². The van der Waals surface area contributed by atoms with Crippen molar-refractivity contribution in [3.8, 4) is 0 Å². The minimum Gasteiger partial charge on any atom is -0.361 e. The highest BCUT2D eigenvalue weighted by Crippen LogP contribution is 2.34. The highest BCUT2D eigenvalue weighted by Gasteiger charge is 2.27. The number of amides is 1. The van der Waals surface area contributed by atoms with Crippen molar-refractivity contribution < 1.29 is 4.79 Å². The van der Waals surface area contributed by atoms with Crippen molar-refractivity contribution in [1.29, 1.82) is 0 Å². The first kappa shape index (κ1) is 24.4. The van der Waals surface area contributed by atoms with Crippen molar-refractivity contribution in [2.75, 3.05) is 19.6 Å². The Hall–Kier alpha value is -2.27. The van der Waals surface area contributed by atoms with Gasteiger partial charge in [0.25, 0.3) is 0 Å². The minimum atomic E-state index is -0.0659. The fraction of sp³-hybridized carbons (Fsp3) is 0.414. The number of fused-ring (bicyclic) bond motifs is 1. The van der Waals surface area contributed by atoms with Gasteiger partial charge in [0.2, 0.25) is 5.91 Å². The zero-order valence-electron chi connectivity index (χ0n) is 20.0. The lowest BCUT2D eigenvalue weighted by Crippen LogP contribution is -2.41. The van der Waals surface area contributed by atoms with Crippen LogP contribution < -0.4 is 5.32 Å². The third-order valence-electron chi connectivity index (χ3n) is 7.75. The summed E-state index contributed by atoms with van der Waals surface area (Å²) in [4.78, 5) is 18.5. The molecule has 6 heteroatoms. The summed E-state index contributed by atoms with van der Waals surface area (Å²) in [6.45, 7) is 3.55. The van der Waals surface area contributed by atoms with Crippen LogP contribution in [0.4, 0.5) is 0 Å². The molecule has 5 rings (SSSR count). The molecule has 0 atom stereocenters. The molecule has 0 bridgehead atoms. The molecule has 1 saturated heterocycles. The third-order valence-corrected chi connectivity index (χ3v) is 8.59. The van der Waals surface area contributed by atoms with Crippen LogP contribution in [0.2, 0.25) is 10.0 Å². The molecule has 3 aromatic rings. The van der Waals surface area contributed by atoms with Crippen LogP contribution in [0.1, 0.15) is 55.6 Å². The number of hydrogen-bond donors (Lipinski definition) is 2. The Morgan fingerprint density at radius 2 is 1.77 bits per heavy atom. The SMILES string of the molecule is O=C(/C=C/c1cccc(Cl)c1Cl)NC1CCC(CN2CCC(c3c[nH]c4ccccc34)CC2)CC1. The molecule has 2 aliphatic rings. The molecule has 1 aromatic heterocycles. The van der Waals surface area contributed by atoms with Crippen LogP contribution in [0.25, 0.3) is 17.0 Å². The van der Waals surface area contributed by atoms with Gasteiger partial charge in [-0.2, -0.15) is 0 Å². The molecule has 1 amide bonds. The zero-order chi connectivity index (χ0) is 24.2. The van der Waals surface area contributed by atoms with Crippen LogP contribution in [-0.4, -0.2) is 41.5 Å². The van der Waals surface area contributed by atoms with Gasteiger partial charge in [-0.05, 0) is 92.8 Å². The lowest BCUT2D eigenvalue weighted by molar-refractivity contribution is -0.117.